The van der Waals surface area contributed by atoms with Crippen LogP contribution >= 0.6 is 0 Å². The van der Waals surface area contributed by atoms with Crippen LogP contribution in [0.3, 0.4) is 0 Å². The topological polar surface area (TPSA) is 64.4 Å². The average Bonchev–Trinajstić information content (AvgIpc) is 2.64. The van der Waals surface area contributed by atoms with Gasteiger partial charge in [-0.25, -0.2) is 5.43 Å². The fourth-order valence-corrected chi connectivity index (χ4v) is 2.96. The van der Waals surface area contributed by atoms with Crippen LogP contribution in [0.2, 0.25) is 0 Å². The van der Waals surface area contributed by atoms with E-state index in [1.165, 1.54) is 4.90 Å². The van der Waals surface area contributed by atoms with Gasteiger partial charge in [-0.05, 0) is 23.8 Å². The minimum Gasteiger partial charge on any atom is -0.493 e. The second-order valence-electron chi connectivity index (χ2n) is 5.96. The van der Waals surface area contributed by atoms with Gasteiger partial charge >= 0.3 is 0 Å². The Kier molecular flexibility index (Phi) is 5.98. The summed E-state index contributed by atoms with van der Waals surface area (Å²) in [6.45, 7) is 6.06. The highest BCUT2D eigenvalue weighted by atomic mass is 16.5. The van der Waals surface area contributed by atoms with Gasteiger partial charge in [0, 0.05) is 5.56 Å². The van der Waals surface area contributed by atoms with Gasteiger partial charge in [0.05, 0.1) is 26.0 Å². The SMILES string of the molecule is CCOc1ccc2ccccc2c1/C=N\NC(=O)C[NH+]1CCOCC1. The number of ether oxygens (including phenoxy) is 2. The molecule has 0 radical (unpaired) electrons. The summed E-state index contributed by atoms with van der Waals surface area (Å²) in [5.41, 5.74) is 3.50. The third-order valence-corrected chi connectivity index (χ3v) is 4.22. The summed E-state index contributed by atoms with van der Waals surface area (Å²) in [6.07, 6.45) is 1.67. The molecule has 2 N–H and O–H groups in total. The van der Waals surface area contributed by atoms with E-state index >= 15 is 0 Å². The van der Waals surface area contributed by atoms with E-state index in [0.717, 1.165) is 35.2 Å². The van der Waals surface area contributed by atoms with Crippen molar-refractivity contribution in [3.05, 3.63) is 42.0 Å². The molecule has 132 valence electrons. The van der Waals surface area contributed by atoms with E-state index in [-0.39, 0.29) is 5.91 Å². The van der Waals surface area contributed by atoms with E-state index < -0.39 is 0 Å². The lowest BCUT2D eigenvalue weighted by Gasteiger charge is -2.22. The second-order valence-corrected chi connectivity index (χ2v) is 5.96. The lowest BCUT2D eigenvalue weighted by Crippen LogP contribution is -3.15. The molecule has 3 rings (SSSR count). The van der Waals surface area contributed by atoms with Crippen molar-refractivity contribution in [2.75, 3.05) is 39.5 Å². The zero-order chi connectivity index (χ0) is 17.5. The quantitative estimate of drug-likeness (QED) is 0.597. The summed E-state index contributed by atoms with van der Waals surface area (Å²) in [5.74, 6) is 0.671. The second kappa shape index (κ2) is 8.60. The van der Waals surface area contributed by atoms with Gasteiger partial charge < -0.3 is 14.4 Å². The van der Waals surface area contributed by atoms with Gasteiger partial charge in [-0.15, -0.1) is 0 Å². The molecule has 1 fully saturated rings. The summed E-state index contributed by atoms with van der Waals surface area (Å²) >= 11 is 0. The predicted molar refractivity (Wildman–Crippen MR) is 97.2 cm³/mol. The van der Waals surface area contributed by atoms with Gasteiger partial charge in [-0.1, -0.05) is 30.3 Å². The van der Waals surface area contributed by atoms with Crippen LogP contribution in [0, 0.1) is 0 Å². The van der Waals surface area contributed by atoms with Crippen molar-refractivity contribution in [1.82, 2.24) is 5.43 Å². The number of carbonyl (C=O) groups is 1. The molecular formula is C19H24N3O3+. The summed E-state index contributed by atoms with van der Waals surface area (Å²) < 4.78 is 11.0. The molecule has 2 aromatic rings. The third-order valence-electron chi connectivity index (χ3n) is 4.22. The van der Waals surface area contributed by atoms with Crippen molar-refractivity contribution in [1.29, 1.82) is 0 Å². The number of benzene rings is 2. The van der Waals surface area contributed by atoms with Crippen molar-refractivity contribution in [3.8, 4) is 5.75 Å². The minimum atomic E-state index is -0.0913. The number of hydrazone groups is 1. The van der Waals surface area contributed by atoms with Gasteiger partial charge in [-0.3, -0.25) is 4.79 Å². The number of quaternary nitrogens is 1. The molecule has 1 saturated heterocycles. The summed E-state index contributed by atoms with van der Waals surface area (Å²) in [7, 11) is 0. The normalized spacial score (nSPS) is 15.6. The van der Waals surface area contributed by atoms with Crippen LogP contribution in [0.1, 0.15) is 12.5 Å². The van der Waals surface area contributed by atoms with Gasteiger partial charge in [0.2, 0.25) is 0 Å². The number of fused-ring (bicyclic) bond motifs is 1. The maximum Gasteiger partial charge on any atom is 0.295 e. The molecule has 1 amide bonds. The maximum absolute atomic E-state index is 12.1. The van der Waals surface area contributed by atoms with E-state index in [4.69, 9.17) is 9.47 Å². The Morgan fingerprint density at radius 2 is 2.08 bits per heavy atom. The molecule has 6 heteroatoms. The number of rotatable bonds is 6. The fourth-order valence-electron chi connectivity index (χ4n) is 2.96. The molecule has 0 aliphatic carbocycles. The molecular weight excluding hydrogens is 318 g/mol. The average molecular weight is 342 g/mol. The van der Waals surface area contributed by atoms with E-state index in [0.29, 0.717) is 26.4 Å². The smallest absolute Gasteiger partial charge is 0.295 e. The first-order valence-corrected chi connectivity index (χ1v) is 8.65. The standard InChI is InChI=1S/C19H23N3O3/c1-2-25-18-8-7-15-5-3-4-6-16(15)17(18)13-20-21-19(23)14-22-9-11-24-12-10-22/h3-8,13H,2,9-12,14H2,1H3,(H,21,23)/p+1/b20-13-. The summed E-state index contributed by atoms with van der Waals surface area (Å²) in [6, 6.07) is 12.0. The van der Waals surface area contributed by atoms with Gasteiger partial charge in [0.25, 0.3) is 5.91 Å². The predicted octanol–water partition coefficient (Wildman–Crippen LogP) is 0.604. The molecule has 25 heavy (non-hydrogen) atoms. The first-order chi connectivity index (χ1) is 12.3. The Hall–Kier alpha value is -2.44. The van der Waals surface area contributed by atoms with Crippen LogP contribution in [-0.2, 0) is 9.53 Å². The highest BCUT2D eigenvalue weighted by Gasteiger charge is 2.17. The molecule has 0 bridgehead atoms. The first-order valence-electron chi connectivity index (χ1n) is 8.65. The zero-order valence-electron chi connectivity index (χ0n) is 14.5. The van der Waals surface area contributed by atoms with Crippen LogP contribution in [0.25, 0.3) is 10.8 Å². The Bertz CT molecular complexity index is 755. The first kappa shape index (κ1) is 17.4. The molecule has 0 saturated carbocycles. The lowest BCUT2D eigenvalue weighted by molar-refractivity contribution is -0.900. The van der Waals surface area contributed by atoms with Crippen LogP contribution in [-0.4, -0.2) is 51.6 Å². The van der Waals surface area contributed by atoms with Crippen molar-refractivity contribution in [2.45, 2.75) is 6.92 Å². The van der Waals surface area contributed by atoms with Crippen LogP contribution in [0.15, 0.2) is 41.5 Å². The maximum atomic E-state index is 12.1. The van der Waals surface area contributed by atoms with E-state index in [1.807, 2.05) is 43.3 Å². The Morgan fingerprint density at radius 3 is 2.88 bits per heavy atom. The Balaban J connectivity index is 1.71. The molecule has 1 aliphatic heterocycles. The summed E-state index contributed by atoms with van der Waals surface area (Å²) in [5, 5.41) is 6.31. The molecule has 1 heterocycles. The molecule has 0 atom stereocenters. The monoisotopic (exact) mass is 342 g/mol. The largest absolute Gasteiger partial charge is 0.493 e. The van der Waals surface area contributed by atoms with Gasteiger partial charge in [-0.2, -0.15) is 5.10 Å². The Morgan fingerprint density at radius 1 is 1.28 bits per heavy atom. The number of nitrogens with one attached hydrogen (secondary N) is 2. The Labute approximate surface area is 147 Å². The van der Waals surface area contributed by atoms with Crippen molar-refractivity contribution >= 4 is 22.9 Å². The molecule has 0 unspecified atom stereocenters. The number of hydrogen-bond donors (Lipinski definition) is 2. The molecule has 1 aliphatic rings. The van der Waals surface area contributed by atoms with Crippen LogP contribution in [0.5, 0.6) is 5.75 Å². The highest BCUT2D eigenvalue weighted by Crippen LogP contribution is 2.26. The number of amides is 1. The number of carbonyl (C=O) groups excluding carboxylic acids is 1. The fraction of sp³-hybridized carbons (Fsp3) is 0.368. The van der Waals surface area contributed by atoms with Gasteiger partial charge in [0.15, 0.2) is 6.54 Å². The third kappa shape index (κ3) is 4.55. The molecule has 2 aromatic carbocycles. The van der Waals surface area contributed by atoms with Crippen LogP contribution in [0.4, 0.5) is 0 Å². The number of hydrogen-bond acceptors (Lipinski definition) is 4. The lowest BCUT2D eigenvalue weighted by atomic mass is 10.0. The molecule has 0 aromatic heterocycles. The van der Waals surface area contributed by atoms with E-state index in [1.54, 1.807) is 6.21 Å². The van der Waals surface area contributed by atoms with Crippen LogP contribution < -0.4 is 15.1 Å². The zero-order valence-corrected chi connectivity index (χ0v) is 14.5. The van der Waals surface area contributed by atoms with Gasteiger partial charge in [0.1, 0.15) is 18.8 Å². The minimum absolute atomic E-state index is 0.0913. The van der Waals surface area contributed by atoms with Crippen molar-refractivity contribution < 1.29 is 19.2 Å². The van der Waals surface area contributed by atoms with Crippen molar-refractivity contribution in [3.63, 3.8) is 0 Å². The van der Waals surface area contributed by atoms with Crippen molar-refractivity contribution in [2.24, 2.45) is 5.10 Å². The van der Waals surface area contributed by atoms with E-state index in [9.17, 15) is 4.79 Å². The number of morpholine rings is 1. The highest BCUT2D eigenvalue weighted by molar-refractivity contribution is 6.02. The summed E-state index contributed by atoms with van der Waals surface area (Å²) in [4.78, 5) is 13.3. The molecule has 6 nitrogen and oxygen atoms in total. The van der Waals surface area contributed by atoms with E-state index in [2.05, 4.69) is 10.5 Å². The molecule has 0 spiro atoms. The number of nitrogens with zero attached hydrogens (tertiary/aromatic N) is 1.